The fraction of sp³-hybridized carbons (Fsp3) is 0.938. The molecule has 0 aromatic rings. The van der Waals surface area contributed by atoms with Gasteiger partial charge in [-0.05, 0) is 38.6 Å². The van der Waals surface area contributed by atoms with Crippen LogP contribution in [-0.2, 0) is 0 Å². The minimum atomic E-state index is 0.915. The molecule has 2 saturated carbocycles. The molecule has 17 heavy (non-hydrogen) atoms. The highest BCUT2D eigenvalue weighted by Crippen LogP contribution is 2.30. The summed E-state index contributed by atoms with van der Waals surface area (Å²) in [6.45, 7) is 5.34. The van der Waals surface area contributed by atoms with E-state index in [1.807, 2.05) is 0 Å². The number of hydrogen-bond donors (Lipinski definition) is 0. The van der Waals surface area contributed by atoms with E-state index in [1.54, 1.807) is 0 Å². The van der Waals surface area contributed by atoms with Crippen LogP contribution >= 0.6 is 0 Å². The number of rotatable bonds is 5. The molecule has 99 valence electrons. The zero-order valence-electron chi connectivity index (χ0n) is 11.5. The van der Waals surface area contributed by atoms with Gasteiger partial charge in [0.2, 0.25) is 0 Å². The van der Waals surface area contributed by atoms with Crippen molar-refractivity contribution in [3.05, 3.63) is 6.92 Å². The quantitative estimate of drug-likeness (QED) is 0.676. The van der Waals surface area contributed by atoms with Crippen molar-refractivity contribution in [1.29, 1.82) is 0 Å². The number of nitrogens with zero attached hydrogens (tertiary/aromatic N) is 1. The van der Waals surface area contributed by atoms with Gasteiger partial charge in [-0.1, -0.05) is 51.9 Å². The third-order valence-corrected chi connectivity index (χ3v) is 4.75. The van der Waals surface area contributed by atoms with Gasteiger partial charge in [-0.3, -0.25) is 4.90 Å². The van der Waals surface area contributed by atoms with Crippen LogP contribution in [0.15, 0.2) is 0 Å². The van der Waals surface area contributed by atoms with Crippen LogP contribution < -0.4 is 0 Å². The van der Waals surface area contributed by atoms with E-state index < -0.39 is 0 Å². The Morgan fingerprint density at radius 2 is 1.24 bits per heavy atom. The molecule has 1 heteroatoms. The van der Waals surface area contributed by atoms with Crippen molar-refractivity contribution in [2.75, 3.05) is 6.54 Å². The molecule has 0 atom stereocenters. The van der Waals surface area contributed by atoms with E-state index in [2.05, 4.69) is 11.8 Å². The molecule has 2 fully saturated rings. The largest absolute Gasteiger partial charge is 0.297 e. The Bertz CT molecular complexity index is 172. The summed E-state index contributed by atoms with van der Waals surface area (Å²) < 4.78 is 0. The normalized spacial score (nSPS) is 24.4. The Hall–Kier alpha value is -0.0400. The molecule has 1 nitrogen and oxygen atoms in total. The molecule has 0 heterocycles. The van der Waals surface area contributed by atoms with E-state index in [0.29, 0.717) is 0 Å². The van der Waals surface area contributed by atoms with Crippen molar-refractivity contribution in [1.82, 2.24) is 4.90 Å². The summed E-state index contributed by atoms with van der Waals surface area (Å²) >= 11 is 0. The van der Waals surface area contributed by atoms with E-state index in [0.717, 1.165) is 18.5 Å². The molecule has 2 aliphatic rings. The summed E-state index contributed by atoms with van der Waals surface area (Å²) in [5.41, 5.74) is 0. The van der Waals surface area contributed by atoms with Crippen molar-refractivity contribution in [3.63, 3.8) is 0 Å². The predicted octanol–water partition coefficient (Wildman–Crippen LogP) is 4.57. The van der Waals surface area contributed by atoms with Gasteiger partial charge in [0.25, 0.3) is 0 Å². The maximum Gasteiger partial charge on any atom is 0.00981 e. The van der Waals surface area contributed by atoms with E-state index in [4.69, 9.17) is 0 Å². The van der Waals surface area contributed by atoms with E-state index in [9.17, 15) is 0 Å². The van der Waals surface area contributed by atoms with Crippen LogP contribution in [0.1, 0.15) is 77.0 Å². The number of hydrogen-bond acceptors (Lipinski definition) is 1. The molecule has 0 amide bonds. The fourth-order valence-electron chi connectivity index (χ4n) is 3.78. The first-order valence-corrected chi connectivity index (χ1v) is 7.97. The lowest BCUT2D eigenvalue weighted by molar-refractivity contribution is 0.0798. The second-order valence-electron chi connectivity index (χ2n) is 6.03. The summed E-state index contributed by atoms with van der Waals surface area (Å²) in [5.74, 6) is 0. The van der Waals surface area contributed by atoms with Gasteiger partial charge in [0.1, 0.15) is 0 Å². The van der Waals surface area contributed by atoms with Gasteiger partial charge in [0.15, 0.2) is 0 Å². The van der Waals surface area contributed by atoms with Gasteiger partial charge in [-0.15, -0.1) is 0 Å². The molecule has 1 radical (unpaired) electrons. The Morgan fingerprint density at radius 3 is 1.65 bits per heavy atom. The van der Waals surface area contributed by atoms with Gasteiger partial charge >= 0.3 is 0 Å². The zero-order chi connectivity index (χ0) is 11.9. The Balaban J connectivity index is 1.90. The van der Waals surface area contributed by atoms with Crippen LogP contribution in [0.5, 0.6) is 0 Å². The van der Waals surface area contributed by atoms with Crippen molar-refractivity contribution in [2.45, 2.75) is 89.1 Å². The van der Waals surface area contributed by atoms with Gasteiger partial charge < -0.3 is 0 Å². The SMILES string of the molecule is [CH2]CCCN(C1CCCCC1)C1CCCCC1. The van der Waals surface area contributed by atoms with Gasteiger partial charge in [0.05, 0.1) is 0 Å². The minimum Gasteiger partial charge on any atom is -0.297 e. The van der Waals surface area contributed by atoms with E-state index in [1.165, 1.54) is 77.2 Å². The van der Waals surface area contributed by atoms with Gasteiger partial charge in [-0.25, -0.2) is 0 Å². The Morgan fingerprint density at radius 1 is 0.765 bits per heavy atom. The summed E-state index contributed by atoms with van der Waals surface area (Å²) in [7, 11) is 0. The molecule has 0 N–H and O–H groups in total. The first-order chi connectivity index (χ1) is 8.42. The summed E-state index contributed by atoms with van der Waals surface area (Å²) in [5, 5.41) is 0. The monoisotopic (exact) mass is 236 g/mol. The molecule has 0 saturated heterocycles. The molecule has 0 unspecified atom stereocenters. The fourth-order valence-corrected chi connectivity index (χ4v) is 3.78. The van der Waals surface area contributed by atoms with Crippen molar-refractivity contribution < 1.29 is 0 Å². The highest BCUT2D eigenvalue weighted by Gasteiger charge is 2.27. The van der Waals surface area contributed by atoms with Crippen LogP contribution in [0, 0.1) is 6.92 Å². The topological polar surface area (TPSA) is 3.24 Å². The second kappa shape index (κ2) is 7.41. The molecule has 2 rings (SSSR count). The van der Waals surface area contributed by atoms with E-state index >= 15 is 0 Å². The van der Waals surface area contributed by atoms with Crippen LogP contribution in [0.2, 0.25) is 0 Å². The van der Waals surface area contributed by atoms with Crippen LogP contribution in [0.25, 0.3) is 0 Å². The lowest BCUT2D eigenvalue weighted by Crippen LogP contribution is -2.45. The van der Waals surface area contributed by atoms with Crippen LogP contribution in [-0.4, -0.2) is 23.5 Å². The third-order valence-electron chi connectivity index (χ3n) is 4.75. The van der Waals surface area contributed by atoms with Crippen molar-refractivity contribution >= 4 is 0 Å². The third kappa shape index (κ3) is 3.98. The zero-order valence-corrected chi connectivity index (χ0v) is 11.5. The summed E-state index contributed by atoms with van der Waals surface area (Å²) in [6.07, 6.45) is 17.1. The Labute approximate surface area is 108 Å². The standard InChI is InChI=1S/C16H30N/c1-2-3-14-17(15-10-6-4-7-11-15)16-12-8-5-9-13-16/h15-16H,1-14H2. The van der Waals surface area contributed by atoms with Crippen LogP contribution in [0.3, 0.4) is 0 Å². The predicted molar refractivity (Wildman–Crippen MR) is 75.0 cm³/mol. The van der Waals surface area contributed by atoms with Crippen molar-refractivity contribution in [3.8, 4) is 0 Å². The lowest BCUT2D eigenvalue weighted by atomic mass is 9.88. The average molecular weight is 236 g/mol. The maximum atomic E-state index is 4.02. The summed E-state index contributed by atoms with van der Waals surface area (Å²) in [6, 6.07) is 1.83. The smallest absolute Gasteiger partial charge is 0.00981 e. The number of unbranched alkanes of at least 4 members (excludes halogenated alkanes) is 1. The first kappa shape index (κ1) is 13.4. The summed E-state index contributed by atoms with van der Waals surface area (Å²) in [4.78, 5) is 2.89. The molecule has 2 aliphatic carbocycles. The lowest BCUT2D eigenvalue weighted by Gasteiger charge is -2.41. The molecule has 0 aromatic carbocycles. The molecular formula is C16H30N. The molecule has 0 aromatic heterocycles. The first-order valence-electron chi connectivity index (χ1n) is 7.97. The average Bonchev–Trinajstić information content (AvgIpc) is 2.42. The highest BCUT2D eigenvalue weighted by molar-refractivity contribution is 4.83. The van der Waals surface area contributed by atoms with E-state index in [-0.39, 0.29) is 0 Å². The second-order valence-corrected chi connectivity index (χ2v) is 6.03. The molecule has 0 aliphatic heterocycles. The van der Waals surface area contributed by atoms with Gasteiger partial charge in [-0.2, -0.15) is 0 Å². The molecular weight excluding hydrogens is 206 g/mol. The van der Waals surface area contributed by atoms with Crippen molar-refractivity contribution in [2.24, 2.45) is 0 Å². The van der Waals surface area contributed by atoms with Gasteiger partial charge in [0, 0.05) is 12.1 Å². The highest BCUT2D eigenvalue weighted by atomic mass is 15.2. The molecule has 0 spiro atoms. The molecule has 0 bridgehead atoms. The maximum absolute atomic E-state index is 4.02. The Kier molecular flexibility index (Phi) is 5.84. The van der Waals surface area contributed by atoms with Crippen LogP contribution in [0.4, 0.5) is 0 Å². The minimum absolute atomic E-state index is 0.915.